The molecule has 7 nitrogen and oxygen atoms in total. The van der Waals surface area contributed by atoms with Gasteiger partial charge in [0, 0.05) is 33.1 Å². The smallest absolute Gasteiger partial charge is 0.191 e. The lowest BCUT2D eigenvalue weighted by Crippen LogP contribution is -2.39. The maximum atomic E-state index is 5.84. The molecule has 1 heterocycles. The highest BCUT2D eigenvalue weighted by molar-refractivity contribution is 5.79. The van der Waals surface area contributed by atoms with E-state index in [1.807, 2.05) is 30.3 Å². The number of nitrogens with zero attached hydrogens (tertiary/aromatic N) is 4. The van der Waals surface area contributed by atoms with E-state index in [2.05, 4.69) is 61.6 Å². The quantitative estimate of drug-likeness (QED) is 0.400. The van der Waals surface area contributed by atoms with Crippen molar-refractivity contribution in [3.8, 4) is 5.75 Å². The Balaban J connectivity index is 1.36. The number of guanidine groups is 1. The van der Waals surface area contributed by atoms with Crippen LogP contribution in [-0.2, 0) is 26.0 Å². The lowest BCUT2D eigenvalue weighted by Gasteiger charge is -2.13. The van der Waals surface area contributed by atoms with Crippen molar-refractivity contribution in [3.05, 3.63) is 77.9 Å². The molecule has 0 unspecified atom stereocenters. The van der Waals surface area contributed by atoms with E-state index in [1.165, 1.54) is 11.1 Å². The second kappa shape index (κ2) is 11.6. The summed E-state index contributed by atoms with van der Waals surface area (Å²) in [5, 5.41) is 14.7. The normalized spacial score (nSPS) is 11.3. The summed E-state index contributed by atoms with van der Waals surface area (Å²) in [6, 6.07) is 18.4. The van der Waals surface area contributed by atoms with Crippen molar-refractivity contribution in [2.45, 2.75) is 32.9 Å². The molecular formula is C23H30N6O. The summed E-state index contributed by atoms with van der Waals surface area (Å²) in [7, 11) is 1.78. The molecule has 0 aliphatic carbocycles. The van der Waals surface area contributed by atoms with Crippen molar-refractivity contribution >= 4 is 5.96 Å². The molecule has 0 aliphatic rings. The first-order valence-corrected chi connectivity index (χ1v) is 10.4. The van der Waals surface area contributed by atoms with Gasteiger partial charge < -0.3 is 19.9 Å². The van der Waals surface area contributed by atoms with Gasteiger partial charge in [0.05, 0.1) is 0 Å². The zero-order valence-electron chi connectivity index (χ0n) is 17.7. The third-order valence-electron chi connectivity index (χ3n) is 4.76. The van der Waals surface area contributed by atoms with Crippen LogP contribution in [0.15, 0.2) is 65.9 Å². The standard InChI is InChI=1S/C23H30N6O/c1-3-22-28-27-18-29(22)16-15-26-23(24-2)25-14-13-19-9-11-21(12-10-19)30-17-20-7-5-4-6-8-20/h4-12,18H,3,13-17H2,1-2H3,(H2,24,25,26). The number of aromatic nitrogens is 3. The number of rotatable bonds is 10. The van der Waals surface area contributed by atoms with Gasteiger partial charge in [0.15, 0.2) is 5.96 Å². The van der Waals surface area contributed by atoms with Crippen molar-refractivity contribution < 1.29 is 4.74 Å². The molecule has 2 aromatic carbocycles. The lowest BCUT2D eigenvalue weighted by molar-refractivity contribution is 0.306. The summed E-state index contributed by atoms with van der Waals surface area (Å²) in [4.78, 5) is 4.28. The van der Waals surface area contributed by atoms with Gasteiger partial charge in [0.25, 0.3) is 0 Å². The fourth-order valence-corrected chi connectivity index (χ4v) is 3.07. The molecule has 1 aromatic heterocycles. The fourth-order valence-electron chi connectivity index (χ4n) is 3.07. The van der Waals surface area contributed by atoms with E-state index in [0.717, 1.165) is 50.0 Å². The molecular weight excluding hydrogens is 376 g/mol. The first-order chi connectivity index (χ1) is 14.8. The van der Waals surface area contributed by atoms with Gasteiger partial charge in [-0.2, -0.15) is 0 Å². The van der Waals surface area contributed by atoms with Crippen LogP contribution >= 0.6 is 0 Å². The molecule has 0 atom stereocenters. The third kappa shape index (κ3) is 6.62. The molecule has 0 bridgehead atoms. The van der Waals surface area contributed by atoms with Crippen LogP contribution in [0.5, 0.6) is 5.75 Å². The zero-order chi connectivity index (χ0) is 21.0. The molecule has 0 saturated carbocycles. The molecule has 30 heavy (non-hydrogen) atoms. The maximum Gasteiger partial charge on any atom is 0.191 e. The number of hydrogen-bond donors (Lipinski definition) is 2. The summed E-state index contributed by atoms with van der Waals surface area (Å²) in [5.74, 6) is 2.67. The summed E-state index contributed by atoms with van der Waals surface area (Å²) < 4.78 is 7.90. The van der Waals surface area contributed by atoms with Crippen LogP contribution in [0.25, 0.3) is 0 Å². The Morgan fingerprint density at radius 1 is 1.00 bits per heavy atom. The van der Waals surface area contributed by atoms with E-state index in [4.69, 9.17) is 4.74 Å². The Hall–Kier alpha value is -3.35. The predicted molar refractivity (Wildman–Crippen MR) is 120 cm³/mol. The van der Waals surface area contributed by atoms with Gasteiger partial charge in [-0.25, -0.2) is 0 Å². The minimum Gasteiger partial charge on any atom is -0.489 e. The second-order valence-electron chi connectivity index (χ2n) is 6.89. The lowest BCUT2D eigenvalue weighted by atomic mass is 10.1. The average molecular weight is 407 g/mol. The molecule has 3 aromatic rings. The molecule has 0 fully saturated rings. The first-order valence-electron chi connectivity index (χ1n) is 10.4. The van der Waals surface area contributed by atoms with Crippen LogP contribution in [-0.4, -0.2) is 40.9 Å². The summed E-state index contributed by atoms with van der Waals surface area (Å²) in [6.45, 7) is 5.03. The van der Waals surface area contributed by atoms with Gasteiger partial charge in [-0.3, -0.25) is 4.99 Å². The van der Waals surface area contributed by atoms with E-state index in [-0.39, 0.29) is 0 Å². The Morgan fingerprint density at radius 3 is 2.50 bits per heavy atom. The molecule has 3 rings (SSSR count). The van der Waals surface area contributed by atoms with E-state index in [9.17, 15) is 0 Å². The van der Waals surface area contributed by atoms with Crippen LogP contribution in [0.4, 0.5) is 0 Å². The summed E-state index contributed by atoms with van der Waals surface area (Å²) >= 11 is 0. The van der Waals surface area contributed by atoms with Crippen molar-refractivity contribution in [1.82, 2.24) is 25.4 Å². The topological polar surface area (TPSA) is 76.4 Å². The fraction of sp³-hybridized carbons (Fsp3) is 0.348. The van der Waals surface area contributed by atoms with Crippen LogP contribution in [0.1, 0.15) is 23.9 Å². The van der Waals surface area contributed by atoms with E-state index in [1.54, 1.807) is 13.4 Å². The number of hydrogen-bond acceptors (Lipinski definition) is 4. The highest BCUT2D eigenvalue weighted by Crippen LogP contribution is 2.14. The van der Waals surface area contributed by atoms with Crippen molar-refractivity contribution in [2.75, 3.05) is 20.1 Å². The average Bonchev–Trinajstić information content (AvgIpc) is 3.25. The number of aryl methyl sites for hydroxylation is 1. The van der Waals surface area contributed by atoms with Crippen molar-refractivity contribution in [1.29, 1.82) is 0 Å². The van der Waals surface area contributed by atoms with Gasteiger partial charge in [-0.05, 0) is 29.7 Å². The molecule has 0 aliphatic heterocycles. The first kappa shape index (κ1) is 21.4. The van der Waals surface area contributed by atoms with E-state index >= 15 is 0 Å². The van der Waals surface area contributed by atoms with Crippen molar-refractivity contribution in [2.24, 2.45) is 4.99 Å². The number of nitrogens with one attached hydrogen (secondary N) is 2. The number of aliphatic imine (C=N–C) groups is 1. The van der Waals surface area contributed by atoms with Gasteiger partial charge in [0.1, 0.15) is 24.5 Å². The third-order valence-corrected chi connectivity index (χ3v) is 4.76. The Kier molecular flexibility index (Phi) is 8.26. The van der Waals surface area contributed by atoms with Gasteiger partial charge >= 0.3 is 0 Å². The second-order valence-corrected chi connectivity index (χ2v) is 6.89. The zero-order valence-corrected chi connectivity index (χ0v) is 17.7. The van der Waals surface area contributed by atoms with Crippen LogP contribution in [0.2, 0.25) is 0 Å². The number of ether oxygens (including phenoxy) is 1. The van der Waals surface area contributed by atoms with Gasteiger partial charge in [-0.1, -0.05) is 49.4 Å². The van der Waals surface area contributed by atoms with Crippen LogP contribution in [0, 0.1) is 0 Å². The van der Waals surface area contributed by atoms with Crippen LogP contribution < -0.4 is 15.4 Å². The van der Waals surface area contributed by atoms with Gasteiger partial charge in [0.2, 0.25) is 0 Å². The van der Waals surface area contributed by atoms with Crippen LogP contribution in [0.3, 0.4) is 0 Å². The van der Waals surface area contributed by atoms with E-state index in [0.29, 0.717) is 6.61 Å². The highest BCUT2D eigenvalue weighted by atomic mass is 16.5. The van der Waals surface area contributed by atoms with E-state index < -0.39 is 0 Å². The minimum atomic E-state index is 0.582. The highest BCUT2D eigenvalue weighted by Gasteiger charge is 2.03. The largest absolute Gasteiger partial charge is 0.489 e. The maximum absolute atomic E-state index is 5.84. The summed E-state index contributed by atoms with van der Waals surface area (Å²) in [6.07, 6.45) is 3.55. The molecule has 0 spiro atoms. The summed E-state index contributed by atoms with van der Waals surface area (Å²) in [5.41, 5.74) is 2.42. The molecule has 0 saturated heterocycles. The van der Waals surface area contributed by atoms with Crippen molar-refractivity contribution in [3.63, 3.8) is 0 Å². The Labute approximate surface area is 178 Å². The van der Waals surface area contributed by atoms with Gasteiger partial charge in [-0.15, -0.1) is 10.2 Å². The Morgan fingerprint density at radius 2 is 1.77 bits per heavy atom. The SMILES string of the molecule is CCc1nncn1CCNC(=NC)NCCc1ccc(OCc2ccccc2)cc1. The monoisotopic (exact) mass is 406 g/mol. The molecule has 2 N–H and O–H groups in total. The Bertz CT molecular complexity index is 905. The molecule has 7 heteroatoms. The predicted octanol–water partition coefficient (Wildman–Crippen LogP) is 2.83. The molecule has 0 radical (unpaired) electrons. The minimum absolute atomic E-state index is 0.582. The molecule has 0 amide bonds. The number of benzene rings is 2. The molecule has 158 valence electrons.